The number of nitro benzene ring substituents is 1. The third kappa shape index (κ3) is 2.53. The molecule has 2 rings (SSSR count). The number of nitro groups is 1. The van der Waals surface area contributed by atoms with E-state index in [9.17, 15) is 14.5 Å². The third-order valence-electron chi connectivity index (χ3n) is 2.74. The van der Waals surface area contributed by atoms with Gasteiger partial charge in [-0.2, -0.15) is 0 Å². The van der Waals surface area contributed by atoms with Crippen molar-refractivity contribution in [3.05, 3.63) is 56.6 Å². The molecule has 5 nitrogen and oxygen atoms in total. The largest absolute Gasteiger partial charge is 0.295 e. The molecule has 0 radical (unpaired) electrons. The van der Waals surface area contributed by atoms with Crippen molar-refractivity contribution in [3.8, 4) is 0 Å². The van der Waals surface area contributed by atoms with Crippen LogP contribution in [0.2, 0.25) is 5.02 Å². The first-order valence-electron chi connectivity index (χ1n) is 5.45. The van der Waals surface area contributed by atoms with Crippen LogP contribution in [0.25, 0.3) is 0 Å². The lowest BCUT2D eigenvalue weighted by Crippen LogP contribution is -2.13. The van der Waals surface area contributed by atoms with Crippen LogP contribution >= 0.6 is 11.6 Å². The van der Waals surface area contributed by atoms with E-state index in [4.69, 9.17) is 11.6 Å². The summed E-state index contributed by atoms with van der Waals surface area (Å²) in [6.45, 7) is 3.66. The molecule has 0 atom stereocenters. The zero-order valence-corrected chi connectivity index (χ0v) is 11.0. The van der Waals surface area contributed by atoms with Gasteiger partial charge in [-0.3, -0.25) is 20.2 Å². The van der Waals surface area contributed by atoms with E-state index in [1.807, 2.05) is 26.0 Å². The van der Waals surface area contributed by atoms with Crippen LogP contribution in [-0.2, 0) is 0 Å². The molecule has 7 heteroatoms. The van der Waals surface area contributed by atoms with Gasteiger partial charge in [0.1, 0.15) is 11.5 Å². The molecule has 0 unspecified atom stereocenters. The Morgan fingerprint density at radius 3 is 2.42 bits per heavy atom. The number of benzene rings is 1. The van der Waals surface area contributed by atoms with Gasteiger partial charge < -0.3 is 0 Å². The maximum Gasteiger partial charge on any atom is 0.295 e. The second-order valence-corrected chi connectivity index (χ2v) is 4.51. The highest BCUT2D eigenvalue weighted by molar-refractivity contribution is 6.31. The normalized spacial score (nSPS) is 10.5. The maximum absolute atomic E-state index is 13.4. The average molecular weight is 284 g/mol. The Morgan fingerprint density at radius 1 is 1.32 bits per heavy atom. The average Bonchev–Trinajstić information content (AvgIpc) is 2.65. The SMILES string of the molecule is Cc1ccc(C)n1Nc1cc(F)c(Cl)cc1[N+](=O)[O-]. The van der Waals surface area contributed by atoms with E-state index < -0.39 is 10.7 Å². The lowest BCUT2D eigenvalue weighted by molar-refractivity contribution is -0.384. The minimum atomic E-state index is -0.711. The summed E-state index contributed by atoms with van der Waals surface area (Å²) in [5.41, 5.74) is 4.28. The molecule has 0 aliphatic carbocycles. The van der Waals surface area contributed by atoms with E-state index in [1.165, 1.54) is 0 Å². The molecule has 0 saturated carbocycles. The highest BCUT2D eigenvalue weighted by Crippen LogP contribution is 2.30. The minimum Gasteiger partial charge on any atom is -0.288 e. The van der Waals surface area contributed by atoms with Crippen LogP contribution in [0.3, 0.4) is 0 Å². The first-order chi connectivity index (χ1) is 8.90. The number of nitrogens with one attached hydrogen (secondary N) is 1. The smallest absolute Gasteiger partial charge is 0.288 e. The Morgan fingerprint density at radius 2 is 1.89 bits per heavy atom. The van der Waals surface area contributed by atoms with Crippen molar-refractivity contribution in [2.45, 2.75) is 13.8 Å². The fraction of sp³-hybridized carbons (Fsp3) is 0.167. The van der Waals surface area contributed by atoms with Gasteiger partial charge in [-0.05, 0) is 26.0 Å². The molecule has 0 bridgehead atoms. The maximum atomic E-state index is 13.4. The number of hydrogen-bond donors (Lipinski definition) is 1. The summed E-state index contributed by atoms with van der Waals surface area (Å²) < 4.78 is 15.1. The zero-order valence-electron chi connectivity index (χ0n) is 10.3. The summed E-state index contributed by atoms with van der Waals surface area (Å²) in [7, 11) is 0. The van der Waals surface area contributed by atoms with Crippen molar-refractivity contribution in [3.63, 3.8) is 0 Å². The molecule has 19 heavy (non-hydrogen) atoms. The monoisotopic (exact) mass is 283 g/mol. The van der Waals surface area contributed by atoms with Crippen LogP contribution in [0.15, 0.2) is 24.3 Å². The number of anilines is 1. The molecule has 2 aromatic rings. The van der Waals surface area contributed by atoms with Crippen LogP contribution in [-0.4, -0.2) is 9.60 Å². The van der Waals surface area contributed by atoms with Gasteiger partial charge in [0.15, 0.2) is 0 Å². The summed E-state index contributed by atoms with van der Waals surface area (Å²) in [5, 5.41) is 10.7. The number of hydrogen-bond acceptors (Lipinski definition) is 3. The highest BCUT2D eigenvalue weighted by Gasteiger charge is 2.18. The van der Waals surface area contributed by atoms with E-state index in [0.717, 1.165) is 23.5 Å². The van der Waals surface area contributed by atoms with Gasteiger partial charge >= 0.3 is 0 Å². The summed E-state index contributed by atoms with van der Waals surface area (Å²) in [6, 6.07) is 5.70. The molecule has 1 heterocycles. The van der Waals surface area contributed by atoms with Crippen molar-refractivity contribution in [1.29, 1.82) is 0 Å². The molecule has 1 N–H and O–H groups in total. The van der Waals surface area contributed by atoms with Gasteiger partial charge in [0.05, 0.1) is 9.95 Å². The third-order valence-corrected chi connectivity index (χ3v) is 3.03. The number of halogens is 2. The summed E-state index contributed by atoms with van der Waals surface area (Å²) in [5.74, 6) is -0.711. The summed E-state index contributed by atoms with van der Waals surface area (Å²) in [6.07, 6.45) is 0. The second kappa shape index (κ2) is 4.89. The molecule has 0 aliphatic rings. The number of aryl methyl sites for hydroxylation is 2. The summed E-state index contributed by atoms with van der Waals surface area (Å²) in [4.78, 5) is 10.3. The van der Waals surface area contributed by atoms with Crippen molar-refractivity contribution >= 4 is 23.0 Å². The molecule has 0 fully saturated rings. The van der Waals surface area contributed by atoms with Crippen molar-refractivity contribution in [2.75, 3.05) is 5.43 Å². The fourth-order valence-corrected chi connectivity index (χ4v) is 1.90. The Bertz CT molecular complexity index is 635. The highest BCUT2D eigenvalue weighted by atomic mass is 35.5. The van der Waals surface area contributed by atoms with Crippen LogP contribution in [0.1, 0.15) is 11.4 Å². The fourth-order valence-electron chi connectivity index (χ4n) is 1.74. The lowest BCUT2D eigenvalue weighted by Gasteiger charge is -2.13. The number of rotatable bonds is 3. The van der Waals surface area contributed by atoms with E-state index >= 15 is 0 Å². The predicted octanol–water partition coefficient (Wildman–Crippen LogP) is 3.68. The molecule has 1 aromatic heterocycles. The van der Waals surface area contributed by atoms with E-state index in [0.29, 0.717) is 0 Å². The molecule has 0 aliphatic heterocycles. The topological polar surface area (TPSA) is 60.1 Å². The quantitative estimate of drug-likeness (QED) is 0.690. The molecular weight excluding hydrogens is 273 g/mol. The molecule has 0 spiro atoms. The first kappa shape index (κ1) is 13.4. The Hall–Kier alpha value is -2.08. The number of nitrogens with zero attached hydrogens (tertiary/aromatic N) is 2. The van der Waals surface area contributed by atoms with Crippen LogP contribution in [0.4, 0.5) is 15.8 Å². The molecular formula is C12H11ClFN3O2. The Labute approximate surface area is 113 Å². The van der Waals surface area contributed by atoms with Crippen LogP contribution in [0.5, 0.6) is 0 Å². The molecule has 0 amide bonds. The van der Waals surface area contributed by atoms with Gasteiger partial charge in [-0.25, -0.2) is 4.39 Å². The van der Waals surface area contributed by atoms with Crippen molar-refractivity contribution in [1.82, 2.24) is 4.68 Å². The Balaban J connectivity index is 2.50. The van der Waals surface area contributed by atoms with Crippen LogP contribution < -0.4 is 5.43 Å². The summed E-state index contributed by atoms with van der Waals surface area (Å²) >= 11 is 5.56. The standard InChI is InChI=1S/C12H11ClFN3O2/c1-7-3-4-8(2)16(7)15-11-6-10(14)9(13)5-12(11)17(18)19/h3-6,15H,1-2H3. The van der Waals surface area contributed by atoms with Gasteiger partial charge in [0.25, 0.3) is 5.69 Å². The zero-order chi connectivity index (χ0) is 14.2. The lowest BCUT2D eigenvalue weighted by atomic mass is 10.2. The Kier molecular flexibility index (Phi) is 3.44. The minimum absolute atomic E-state index is 0.0503. The molecule has 0 saturated heterocycles. The van der Waals surface area contributed by atoms with E-state index in [2.05, 4.69) is 5.43 Å². The predicted molar refractivity (Wildman–Crippen MR) is 71.0 cm³/mol. The molecule has 100 valence electrons. The van der Waals surface area contributed by atoms with Gasteiger partial charge in [-0.1, -0.05) is 11.6 Å². The van der Waals surface area contributed by atoms with Gasteiger partial charge in [0.2, 0.25) is 0 Å². The van der Waals surface area contributed by atoms with Crippen molar-refractivity contribution < 1.29 is 9.31 Å². The van der Waals surface area contributed by atoms with Gasteiger partial charge in [0, 0.05) is 23.5 Å². The number of aromatic nitrogens is 1. The molecule has 1 aromatic carbocycles. The van der Waals surface area contributed by atoms with Crippen molar-refractivity contribution in [2.24, 2.45) is 0 Å². The second-order valence-electron chi connectivity index (χ2n) is 4.10. The van der Waals surface area contributed by atoms with E-state index in [1.54, 1.807) is 4.68 Å². The first-order valence-corrected chi connectivity index (χ1v) is 5.83. The van der Waals surface area contributed by atoms with Gasteiger partial charge in [-0.15, -0.1) is 0 Å². The van der Waals surface area contributed by atoms with E-state index in [-0.39, 0.29) is 16.4 Å². The van der Waals surface area contributed by atoms with Crippen LogP contribution in [0, 0.1) is 29.8 Å².